The molecule has 4 atom stereocenters. The lowest BCUT2D eigenvalue weighted by atomic mass is 9.78. The summed E-state index contributed by atoms with van der Waals surface area (Å²) in [6.45, 7) is 6.61. The van der Waals surface area contributed by atoms with E-state index >= 15 is 0 Å². The molecule has 3 aliphatic heterocycles. The Labute approximate surface area is 187 Å². The summed E-state index contributed by atoms with van der Waals surface area (Å²) in [4.78, 5) is 31.0. The molecule has 4 heterocycles. The number of hydrogen-bond acceptors (Lipinski definition) is 6. The molecule has 1 amide bonds. The van der Waals surface area contributed by atoms with Crippen LogP contribution in [0.1, 0.15) is 43.2 Å². The number of halogens is 1. The van der Waals surface area contributed by atoms with Gasteiger partial charge < -0.3 is 18.8 Å². The highest BCUT2D eigenvalue weighted by atomic mass is 35.5. The summed E-state index contributed by atoms with van der Waals surface area (Å²) >= 11 is 6.37. The number of carbonyl (C=O) groups excluding carboxylic acids is 2. The first-order valence-electron chi connectivity index (χ1n) is 11.3. The van der Waals surface area contributed by atoms with E-state index in [0.717, 1.165) is 51.4 Å². The molecular formula is C23H29ClN2O5. The number of morpholine rings is 1. The molecular weight excluding hydrogens is 420 g/mol. The van der Waals surface area contributed by atoms with Crippen LogP contribution in [0.5, 0.6) is 0 Å². The van der Waals surface area contributed by atoms with Gasteiger partial charge in [0.25, 0.3) is 5.91 Å². The Morgan fingerprint density at radius 1 is 1.13 bits per heavy atom. The number of hydrogen-bond donors (Lipinski definition) is 0. The number of aryl methyl sites for hydroxylation is 1. The van der Waals surface area contributed by atoms with Crippen LogP contribution in [0.3, 0.4) is 0 Å². The van der Waals surface area contributed by atoms with Crippen LogP contribution < -0.4 is 0 Å². The van der Waals surface area contributed by atoms with E-state index in [2.05, 4.69) is 4.90 Å². The molecule has 5 rings (SSSR count). The Kier molecular flexibility index (Phi) is 5.84. The first kappa shape index (κ1) is 21.0. The third kappa shape index (κ3) is 3.92. The van der Waals surface area contributed by atoms with Crippen molar-refractivity contribution in [2.75, 3.05) is 39.4 Å². The van der Waals surface area contributed by atoms with Gasteiger partial charge in [0.15, 0.2) is 11.5 Å². The Hall–Kier alpha value is -1.83. The molecule has 2 fully saturated rings. The van der Waals surface area contributed by atoms with Crippen molar-refractivity contribution >= 4 is 23.3 Å². The second-order valence-electron chi connectivity index (χ2n) is 8.94. The third-order valence-electron chi connectivity index (χ3n) is 6.89. The van der Waals surface area contributed by atoms with Crippen molar-refractivity contribution in [1.29, 1.82) is 0 Å². The molecule has 0 aromatic carbocycles. The van der Waals surface area contributed by atoms with Gasteiger partial charge in [-0.25, -0.2) is 0 Å². The molecule has 0 spiro atoms. The minimum Gasteiger partial charge on any atom is -0.483 e. The van der Waals surface area contributed by atoms with Crippen molar-refractivity contribution in [1.82, 2.24) is 9.80 Å². The first-order valence-corrected chi connectivity index (χ1v) is 11.7. The van der Waals surface area contributed by atoms with Gasteiger partial charge in [-0.2, -0.15) is 0 Å². The lowest BCUT2D eigenvalue weighted by molar-refractivity contribution is -0.135. The van der Waals surface area contributed by atoms with Crippen LogP contribution in [-0.4, -0.2) is 72.4 Å². The van der Waals surface area contributed by atoms with Crippen LogP contribution in [-0.2, 0) is 19.1 Å². The van der Waals surface area contributed by atoms with E-state index < -0.39 is 6.04 Å². The minimum atomic E-state index is -0.523. The number of ketones is 1. The maximum atomic E-state index is 13.6. The minimum absolute atomic E-state index is 0.000294. The zero-order valence-electron chi connectivity index (χ0n) is 17.8. The van der Waals surface area contributed by atoms with Crippen molar-refractivity contribution in [3.8, 4) is 0 Å². The van der Waals surface area contributed by atoms with Crippen molar-refractivity contribution in [2.24, 2.45) is 5.92 Å². The maximum Gasteiger partial charge on any atom is 0.290 e. The van der Waals surface area contributed by atoms with Gasteiger partial charge in [-0.3, -0.25) is 14.5 Å². The lowest BCUT2D eigenvalue weighted by Crippen LogP contribution is -2.41. The number of carbonyl (C=O) groups is 2. The largest absolute Gasteiger partial charge is 0.483 e. The highest BCUT2D eigenvalue weighted by Gasteiger charge is 2.53. The second kappa shape index (κ2) is 8.60. The Morgan fingerprint density at radius 3 is 2.68 bits per heavy atom. The highest BCUT2D eigenvalue weighted by Crippen LogP contribution is 2.47. The van der Waals surface area contributed by atoms with E-state index in [1.807, 2.05) is 19.1 Å². The van der Waals surface area contributed by atoms with E-state index in [4.69, 9.17) is 25.5 Å². The zero-order valence-corrected chi connectivity index (χ0v) is 18.6. The van der Waals surface area contributed by atoms with Gasteiger partial charge in [0.05, 0.1) is 24.7 Å². The SMILES string of the molecule is Cc1ccc(C2C3=C(OC4CCC(Cl)CC4C3=O)C(=O)N2CCCN2CCOCC2)o1. The van der Waals surface area contributed by atoms with Gasteiger partial charge in [0.2, 0.25) is 0 Å². The molecule has 1 aromatic heterocycles. The van der Waals surface area contributed by atoms with Gasteiger partial charge in [0.1, 0.15) is 23.7 Å². The van der Waals surface area contributed by atoms with Gasteiger partial charge in [-0.15, -0.1) is 11.6 Å². The summed E-state index contributed by atoms with van der Waals surface area (Å²) in [5.74, 6) is 1.12. The number of Topliss-reactive ketones (excluding diaryl/α,β-unsaturated/α-hetero) is 1. The Morgan fingerprint density at radius 2 is 1.94 bits per heavy atom. The number of nitrogens with zero attached hydrogens (tertiary/aromatic N) is 2. The number of alkyl halides is 1. The number of rotatable bonds is 5. The van der Waals surface area contributed by atoms with E-state index in [-0.39, 0.29) is 34.8 Å². The summed E-state index contributed by atoms with van der Waals surface area (Å²) in [6.07, 6.45) is 2.66. The molecule has 8 heteroatoms. The quantitative estimate of drug-likeness (QED) is 0.645. The van der Waals surface area contributed by atoms with E-state index in [9.17, 15) is 9.59 Å². The predicted molar refractivity (Wildman–Crippen MR) is 114 cm³/mol. The Balaban J connectivity index is 1.40. The molecule has 7 nitrogen and oxygen atoms in total. The molecule has 31 heavy (non-hydrogen) atoms. The molecule has 1 aliphatic carbocycles. The average molecular weight is 449 g/mol. The monoisotopic (exact) mass is 448 g/mol. The second-order valence-corrected chi connectivity index (χ2v) is 9.55. The number of furan rings is 1. The fourth-order valence-corrected chi connectivity index (χ4v) is 5.60. The van der Waals surface area contributed by atoms with Crippen LogP contribution in [0.25, 0.3) is 0 Å². The van der Waals surface area contributed by atoms with Crippen LogP contribution >= 0.6 is 11.6 Å². The maximum absolute atomic E-state index is 13.6. The van der Waals surface area contributed by atoms with Crippen LogP contribution in [0, 0.1) is 12.8 Å². The normalized spacial score (nSPS) is 31.6. The summed E-state index contributed by atoms with van der Waals surface area (Å²) in [5, 5.41) is -0.0259. The number of ether oxygens (including phenoxy) is 2. The molecule has 0 bridgehead atoms. The molecule has 4 unspecified atom stereocenters. The molecule has 1 saturated carbocycles. The number of fused-ring (bicyclic) bond motifs is 1. The first-order chi connectivity index (χ1) is 15.0. The smallest absolute Gasteiger partial charge is 0.290 e. The summed E-state index contributed by atoms with van der Waals surface area (Å²) in [6, 6.07) is 3.21. The van der Waals surface area contributed by atoms with Crippen molar-refractivity contribution in [2.45, 2.75) is 50.1 Å². The summed E-state index contributed by atoms with van der Waals surface area (Å²) in [7, 11) is 0. The lowest BCUT2D eigenvalue weighted by Gasteiger charge is -2.36. The molecule has 1 saturated heterocycles. The third-order valence-corrected chi connectivity index (χ3v) is 7.28. The van der Waals surface area contributed by atoms with Crippen LogP contribution in [0.15, 0.2) is 27.9 Å². The van der Waals surface area contributed by atoms with E-state index in [0.29, 0.717) is 30.7 Å². The van der Waals surface area contributed by atoms with E-state index in [1.54, 1.807) is 4.90 Å². The Bertz CT molecular complexity index is 890. The fourth-order valence-electron chi connectivity index (χ4n) is 5.28. The highest BCUT2D eigenvalue weighted by molar-refractivity contribution is 6.21. The van der Waals surface area contributed by atoms with Gasteiger partial charge >= 0.3 is 0 Å². The fraction of sp³-hybridized carbons (Fsp3) is 0.652. The summed E-state index contributed by atoms with van der Waals surface area (Å²) in [5.41, 5.74) is 0.456. The molecule has 1 aromatic rings. The topological polar surface area (TPSA) is 72.2 Å². The van der Waals surface area contributed by atoms with E-state index in [1.165, 1.54) is 0 Å². The number of amides is 1. The molecule has 168 valence electrons. The van der Waals surface area contributed by atoms with Gasteiger partial charge in [-0.1, -0.05) is 0 Å². The van der Waals surface area contributed by atoms with Crippen LogP contribution in [0.4, 0.5) is 0 Å². The average Bonchev–Trinajstić information content (AvgIpc) is 3.31. The van der Waals surface area contributed by atoms with Crippen molar-refractivity contribution in [3.63, 3.8) is 0 Å². The summed E-state index contributed by atoms with van der Waals surface area (Å²) < 4.78 is 17.5. The van der Waals surface area contributed by atoms with Crippen molar-refractivity contribution < 1.29 is 23.5 Å². The van der Waals surface area contributed by atoms with Gasteiger partial charge in [-0.05, 0) is 44.7 Å². The van der Waals surface area contributed by atoms with Gasteiger partial charge in [0, 0.05) is 31.6 Å². The molecule has 0 N–H and O–H groups in total. The predicted octanol–water partition coefficient (Wildman–Crippen LogP) is 2.82. The molecule has 4 aliphatic rings. The van der Waals surface area contributed by atoms with Crippen molar-refractivity contribution in [3.05, 3.63) is 35.0 Å². The van der Waals surface area contributed by atoms with Crippen LogP contribution in [0.2, 0.25) is 0 Å². The molecule has 0 radical (unpaired) electrons. The standard InChI is InChI=1S/C23H29ClN2O5/c1-14-3-5-18(30-14)20-19-21(27)16-13-15(24)4-6-17(16)31-22(19)23(28)26(20)8-2-7-25-9-11-29-12-10-25/h3,5,15-17,20H,2,4,6-13H2,1H3. The zero-order chi connectivity index (χ0) is 21.5.